The number of fused-ring (bicyclic) bond motifs is 1. The van der Waals surface area contributed by atoms with Crippen molar-refractivity contribution < 1.29 is 79.9 Å². The second-order valence-corrected chi connectivity index (χ2v) is 10.6. The highest BCUT2D eigenvalue weighted by Gasteiger charge is 2.48. The van der Waals surface area contributed by atoms with Gasteiger partial charge in [-0.05, 0) is 17.7 Å². The minimum Gasteiger partial charge on any atom is -0.507 e. The molecule has 0 bridgehead atoms. The van der Waals surface area contributed by atoms with E-state index in [-0.39, 0.29) is 35.0 Å². The quantitative estimate of drug-likeness (QED) is 0.137. The van der Waals surface area contributed by atoms with Gasteiger partial charge in [-0.25, -0.2) is 0 Å². The molecule has 3 aliphatic heterocycles. The fourth-order valence-corrected chi connectivity index (χ4v) is 5.20. The van der Waals surface area contributed by atoms with E-state index >= 15 is 0 Å². The molecule has 238 valence electrons. The van der Waals surface area contributed by atoms with Gasteiger partial charge in [0.1, 0.15) is 72.2 Å². The van der Waals surface area contributed by atoms with Crippen molar-refractivity contribution in [3.05, 3.63) is 41.5 Å². The zero-order valence-corrected chi connectivity index (χ0v) is 22.4. The summed E-state index contributed by atoms with van der Waals surface area (Å²) in [6.07, 6.45) is -18.3. The number of phenolic OH excluding ortho intramolecular Hbond substituents is 3. The standard InChI is InChI=1S/C27H34O16/c28-7-17-19(33)21(35)23(37)26(42-17)39-8-18-20(34)22(36)24(38)27(43-18)40-10-4-13(30)11-6-15(32)25(41-16(11)5-10)9-1-2-12(29)14(31)3-9/h1-5,15,17-38H,6-8H2/t15-,17+,18+,19+,20+,21-,22-,23+,24+,25-,26+,27+/m0/s1. The number of benzene rings is 2. The van der Waals surface area contributed by atoms with Crippen LogP contribution in [0.15, 0.2) is 30.3 Å². The Kier molecular flexibility index (Phi) is 9.17. The van der Waals surface area contributed by atoms with Crippen LogP contribution in [0.1, 0.15) is 17.2 Å². The number of aliphatic hydroxyl groups is 8. The van der Waals surface area contributed by atoms with Crippen molar-refractivity contribution in [1.29, 1.82) is 0 Å². The van der Waals surface area contributed by atoms with Gasteiger partial charge in [-0.15, -0.1) is 0 Å². The van der Waals surface area contributed by atoms with Crippen molar-refractivity contribution in [2.45, 2.75) is 80.0 Å². The molecule has 0 aliphatic carbocycles. The molecule has 5 rings (SSSR count). The molecule has 16 heteroatoms. The van der Waals surface area contributed by atoms with Gasteiger partial charge in [0.15, 0.2) is 17.8 Å². The summed E-state index contributed by atoms with van der Waals surface area (Å²) in [4.78, 5) is 0. The Balaban J connectivity index is 1.29. The van der Waals surface area contributed by atoms with Crippen molar-refractivity contribution in [3.63, 3.8) is 0 Å². The first-order chi connectivity index (χ1) is 20.4. The second kappa shape index (κ2) is 12.5. The SMILES string of the molecule is OC[C@H]1O[C@@H](OC[C@H]2O[C@@H](Oc3cc(O)c4c(c3)O[C@@H](c3ccc(O)c(O)c3)[C@@H](O)C4)[C@H](O)[C@@H](O)[C@@H]2O)[C@H](O)[C@@H](O)[C@@H]1O. The largest absolute Gasteiger partial charge is 0.507 e. The lowest BCUT2D eigenvalue weighted by molar-refractivity contribution is -0.323. The number of rotatable bonds is 7. The molecule has 3 aliphatic rings. The Labute approximate surface area is 243 Å². The van der Waals surface area contributed by atoms with Gasteiger partial charge in [0.25, 0.3) is 0 Å². The third kappa shape index (κ3) is 6.17. The normalized spacial score (nSPS) is 37.8. The molecule has 11 N–H and O–H groups in total. The summed E-state index contributed by atoms with van der Waals surface area (Å²) in [5.41, 5.74) is 0.579. The summed E-state index contributed by atoms with van der Waals surface area (Å²) in [6, 6.07) is 6.39. The Morgan fingerprint density at radius 2 is 1.35 bits per heavy atom. The molecule has 2 saturated heterocycles. The monoisotopic (exact) mass is 614 g/mol. The van der Waals surface area contributed by atoms with Crippen molar-refractivity contribution in [2.24, 2.45) is 0 Å². The summed E-state index contributed by atoms with van der Waals surface area (Å²) in [6.45, 7) is -1.26. The maximum absolute atomic E-state index is 10.6. The summed E-state index contributed by atoms with van der Waals surface area (Å²) < 4.78 is 27.8. The lowest BCUT2D eigenvalue weighted by atomic mass is 9.94. The Bertz CT molecular complexity index is 1270. The zero-order valence-electron chi connectivity index (χ0n) is 22.4. The van der Waals surface area contributed by atoms with Crippen molar-refractivity contribution in [2.75, 3.05) is 13.2 Å². The molecule has 43 heavy (non-hydrogen) atoms. The predicted molar refractivity (Wildman–Crippen MR) is 138 cm³/mol. The van der Waals surface area contributed by atoms with Crippen molar-refractivity contribution in [1.82, 2.24) is 0 Å². The molecular formula is C27H34O16. The average Bonchev–Trinajstić information content (AvgIpc) is 2.98. The molecule has 2 aromatic carbocycles. The highest BCUT2D eigenvalue weighted by Crippen LogP contribution is 2.43. The van der Waals surface area contributed by atoms with Gasteiger partial charge >= 0.3 is 0 Å². The summed E-state index contributed by atoms with van der Waals surface area (Å²) >= 11 is 0. The van der Waals surface area contributed by atoms with E-state index in [0.29, 0.717) is 5.56 Å². The Morgan fingerprint density at radius 3 is 2.02 bits per heavy atom. The van der Waals surface area contributed by atoms with Gasteiger partial charge in [-0.1, -0.05) is 6.07 Å². The van der Waals surface area contributed by atoms with Crippen molar-refractivity contribution in [3.8, 4) is 28.7 Å². The lowest BCUT2D eigenvalue weighted by Gasteiger charge is -2.42. The van der Waals surface area contributed by atoms with E-state index < -0.39 is 92.6 Å². The Morgan fingerprint density at radius 1 is 0.698 bits per heavy atom. The highest BCUT2D eigenvalue weighted by atomic mass is 16.7. The van der Waals surface area contributed by atoms with Crippen molar-refractivity contribution >= 4 is 0 Å². The van der Waals surface area contributed by atoms with Gasteiger partial charge in [0, 0.05) is 24.1 Å². The number of ether oxygens (including phenoxy) is 5. The van der Waals surface area contributed by atoms with E-state index in [0.717, 1.165) is 6.07 Å². The molecule has 2 fully saturated rings. The summed E-state index contributed by atoms with van der Waals surface area (Å²) in [5, 5.41) is 112. The van der Waals surface area contributed by atoms with Crippen LogP contribution in [0.3, 0.4) is 0 Å². The maximum atomic E-state index is 10.6. The van der Waals surface area contributed by atoms with E-state index in [1.165, 1.54) is 24.3 Å². The van der Waals surface area contributed by atoms with E-state index in [4.69, 9.17) is 23.7 Å². The minimum atomic E-state index is -1.80. The first kappa shape index (κ1) is 31.4. The third-order valence-corrected chi connectivity index (χ3v) is 7.70. The number of phenols is 3. The van der Waals surface area contributed by atoms with E-state index in [1.807, 2.05) is 0 Å². The number of hydrogen-bond donors (Lipinski definition) is 11. The third-order valence-electron chi connectivity index (χ3n) is 7.70. The molecule has 12 atom stereocenters. The molecule has 3 heterocycles. The smallest absolute Gasteiger partial charge is 0.229 e. The average molecular weight is 615 g/mol. The van der Waals surface area contributed by atoms with Crippen LogP contribution in [0.4, 0.5) is 0 Å². The van der Waals surface area contributed by atoms with E-state index in [2.05, 4.69) is 0 Å². The minimum absolute atomic E-state index is 0.0431. The molecule has 0 unspecified atom stereocenters. The topological polar surface area (TPSA) is 269 Å². The van der Waals surface area contributed by atoms with Crippen LogP contribution in [0.25, 0.3) is 0 Å². The van der Waals surface area contributed by atoms with Crippen LogP contribution in [-0.4, -0.2) is 137 Å². The highest BCUT2D eigenvalue weighted by molar-refractivity contribution is 5.52. The van der Waals surface area contributed by atoms with E-state index in [9.17, 15) is 56.2 Å². The Hall–Kier alpha value is -3.00. The van der Waals surface area contributed by atoms with E-state index in [1.54, 1.807) is 0 Å². The van der Waals surface area contributed by atoms with Crippen LogP contribution in [-0.2, 0) is 20.6 Å². The van der Waals surface area contributed by atoms with Crippen LogP contribution < -0.4 is 9.47 Å². The molecule has 2 aromatic rings. The summed E-state index contributed by atoms with van der Waals surface area (Å²) in [7, 11) is 0. The van der Waals surface area contributed by atoms with Crippen LogP contribution in [0.2, 0.25) is 0 Å². The molecule has 16 nitrogen and oxygen atoms in total. The van der Waals surface area contributed by atoms with Gasteiger partial charge in [0.2, 0.25) is 6.29 Å². The fourth-order valence-electron chi connectivity index (χ4n) is 5.20. The fraction of sp³-hybridized carbons (Fsp3) is 0.556. The van der Waals surface area contributed by atoms with Crippen LogP contribution in [0.5, 0.6) is 28.7 Å². The first-order valence-corrected chi connectivity index (χ1v) is 13.4. The maximum Gasteiger partial charge on any atom is 0.229 e. The molecule has 0 amide bonds. The predicted octanol–water partition coefficient (Wildman–Crippen LogP) is -3.16. The van der Waals surface area contributed by atoms with Gasteiger partial charge in [-0.3, -0.25) is 0 Å². The molecule has 0 spiro atoms. The zero-order chi connectivity index (χ0) is 31.2. The number of hydrogen-bond acceptors (Lipinski definition) is 16. The van der Waals surface area contributed by atoms with Crippen LogP contribution >= 0.6 is 0 Å². The molecule has 0 aromatic heterocycles. The molecular weight excluding hydrogens is 580 g/mol. The number of aromatic hydroxyl groups is 3. The van der Waals surface area contributed by atoms with Gasteiger partial charge < -0.3 is 79.9 Å². The molecule has 0 saturated carbocycles. The van der Waals surface area contributed by atoms with Crippen LogP contribution in [0, 0.1) is 0 Å². The number of aliphatic hydroxyl groups excluding tert-OH is 8. The summed E-state index contributed by atoms with van der Waals surface area (Å²) in [5.74, 6) is -1.12. The first-order valence-electron chi connectivity index (χ1n) is 13.4. The second-order valence-electron chi connectivity index (χ2n) is 10.6. The molecule has 0 radical (unpaired) electrons. The van der Waals surface area contributed by atoms with Gasteiger partial charge in [-0.2, -0.15) is 0 Å². The lowest BCUT2D eigenvalue weighted by Crippen LogP contribution is -2.62. The van der Waals surface area contributed by atoms with Gasteiger partial charge in [0.05, 0.1) is 19.3 Å².